The molecule has 7 heteroatoms. The van der Waals surface area contributed by atoms with Crippen molar-refractivity contribution >= 4 is 23.0 Å². The van der Waals surface area contributed by atoms with Crippen molar-refractivity contribution in [1.29, 1.82) is 0 Å². The van der Waals surface area contributed by atoms with E-state index in [2.05, 4.69) is 10.6 Å². The molecule has 0 bridgehead atoms. The minimum atomic E-state index is -0.316. The Morgan fingerprint density at radius 1 is 0.759 bits per heavy atom. The van der Waals surface area contributed by atoms with Crippen LogP contribution in [-0.4, -0.2) is 27.2 Å². The third-order valence-corrected chi connectivity index (χ3v) is 4.20. The lowest BCUT2D eigenvalue weighted by Gasteiger charge is -2.14. The van der Waals surface area contributed by atoms with Gasteiger partial charge in [-0.2, -0.15) is 0 Å². The van der Waals surface area contributed by atoms with Gasteiger partial charge in [0, 0.05) is 22.6 Å². The van der Waals surface area contributed by atoms with Gasteiger partial charge in [0.15, 0.2) is 11.5 Å². The summed E-state index contributed by atoms with van der Waals surface area (Å²) < 4.78 is 28.8. The van der Waals surface area contributed by atoms with Crippen LogP contribution in [0.4, 0.5) is 21.5 Å². The van der Waals surface area contributed by atoms with E-state index < -0.39 is 0 Å². The minimum absolute atomic E-state index is 0.291. The maximum atomic E-state index is 13.0. The van der Waals surface area contributed by atoms with E-state index in [-0.39, 0.29) is 11.7 Å². The molecule has 6 nitrogen and oxygen atoms in total. The molecule has 0 aliphatic heterocycles. The van der Waals surface area contributed by atoms with E-state index in [9.17, 15) is 9.18 Å². The van der Waals surface area contributed by atoms with Gasteiger partial charge in [0.1, 0.15) is 5.82 Å². The van der Waals surface area contributed by atoms with Crippen LogP contribution in [0.15, 0.2) is 60.7 Å². The fourth-order valence-corrected chi connectivity index (χ4v) is 2.75. The van der Waals surface area contributed by atoms with Crippen LogP contribution in [0.5, 0.6) is 17.2 Å². The Balaban J connectivity index is 1.73. The van der Waals surface area contributed by atoms with Crippen molar-refractivity contribution in [3.05, 3.63) is 72.0 Å². The summed E-state index contributed by atoms with van der Waals surface area (Å²) in [7, 11) is 4.49. The van der Waals surface area contributed by atoms with Crippen LogP contribution in [0, 0.1) is 5.82 Å². The maximum absolute atomic E-state index is 13.0. The first-order chi connectivity index (χ1) is 14.0. The van der Waals surface area contributed by atoms with Crippen molar-refractivity contribution in [2.75, 3.05) is 32.0 Å². The number of carbonyl (C=O) groups excluding carboxylic acids is 1. The summed E-state index contributed by atoms with van der Waals surface area (Å²) in [5, 5.41) is 5.99. The molecule has 0 aromatic heterocycles. The fraction of sp³-hybridized carbons (Fsp3) is 0.136. The van der Waals surface area contributed by atoms with Gasteiger partial charge >= 0.3 is 0 Å². The number of nitrogens with one attached hydrogen (secondary N) is 2. The standard InChI is InChI=1S/C22H21FN2O4/c1-27-19-12-14(13-20(28-2)21(19)29-3)22(26)25-18-10-8-17(9-11-18)24-16-6-4-15(23)5-7-16/h4-13,24H,1-3H3,(H,25,26). The van der Waals surface area contributed by atoms with Crippen LogP contribution >= 0.6 is 0 Å². The van der Waals surface area contributed by atoms with Gasteiger partial charge in [-0.1, -0.05) is 0 Å². The largest absolute Gasteiger partial charge is 0.493 e. The Labute approximate surface area is 168 Å². The zero-order valence-electron chi connectivity index (χ0n) is 16.3. The van der Waals surface area contributed by atoms with Crippen molar-refractivity contribution in [2.24, 2.45) is 0 Å². The second kappa shape index (κ2) is 8.97. The number of methoxy groups -OCH3 is 3. The van der Waals surface area contributed by atoms with Crippen molar-refractivity contribution in [3.8, 4) is 17.2 Å². The van der Waals surface area contributed by atoms with Gasteiger partial charge in [-0.3, -0.25) is 4.79 Å². The molecule has 0 aliphatic rings. The summed E-state index contributed by atoms with van der Waals surface area (Å²) in [6.45, 7) is 0. The van der Waals surface area contributed by atoms with E-state index in [0.717, 1.165) is 11.4 Å². The number of hydrogen-bond acceptors (Lipinski definition) is 5. The topological polar surface area (TPSA) is 68.8 Å². The van der Waals surface area contributed by atoms with Gasteiger partial charge < -0.3 is 24.8 Å². The first-order valence-electron chi connectivity index (χ1n) is 8.78. The van der Waals surface area contributed by atoms with Gasteiger partial charge in [0.2, 0.25) is 5.75 Å². The highest BCUT2D eigenvalue weighted by molar-refractivity contribution is 6.05. The van der Waals surface area contributed by atoms with E-state index in [4.69, 9.17) is 14.2 Å². The average molecular weight is 396 g/mol. The lowest BCUT2D eigenvalue weighted by Crippen LogP contribution is -2.12. The van der Waals surface area contributed by atoms with Crippen molar-refractivity contribution in [3.63, 3.8) is 0 Å². The monoisotopic (exact) mass is 396 g/mol. The van der Waals surface area contributed by atoms with Crippen molar-refractivity contribution < 1.29 is 23.4 Å². The van der Waals surface area contributed by atoms with Gasteiger partial charge in [0.25, 0.3) is 5.91 Å². The molecule has 0 heterocycles. The van der Waals surface area contributed by atoms with Gasteiger partial charge in [0.05, 0.1) is 21.3 Å². The smallest absolute Gasteiger partial charge is 0.255 e. The highest BCUT2D eigenvalue weighted by atomic mass is 19.1. The van der Waals surface area contributed by atoms with Crippen LogP contribution in [-0.2, 0) is 0 Å². The predicted octanol–water partition coefficient (Wildman–Crippen LogP) is 4.85. The molecule has 0 radical (unpaired) electrons. The molecule has 0 saturated heterocycles. The first-order valence-corrected chi connectivity index (χ1v) is 8.78. The highest BCUT2D eigenvalue weighted by Gasteiger charge is 2.17. The summed E-state index contributed by atoms with van der Waals surface area (Å²) in [5.41, 5.74) is 2.56. The van der Waals surface area contributed by atoms with Crippen LogP contribution in [0.3, 0.4) is 0 Å². The molecule has 2 N–H and O–H groups in total. The van der Waals surface area contributed by atoms with Crippen molar-refractivity contribution in [1.82, 2.24) is 0 Å². The van der Waals surface area contributed by atoms with Crippen LogP contribution in [0.25, 0.3) is 0 Å². The SMILES string of the molecule is COc1cc(C(=O)Nc2ccc(Nc3ccc(F)cc3)cc2)cc(OC)c1OC. The molecular weight excluding hydrogens is 375 g/mol. The molecule has 0 aliphatic carbocycles. The normalized spacial score (nSPS) is 10.2. The molecule has 0 unspecified atom stereocenters. The van der Waals surface area contributed by atoms with E-state index in [1.165, 1.54) is 33.5 Å². The van der Waals surface area contributed by atoms with E-state index in [0.29, 0.717) is 28.5 Å². The number of ether oxygens (including phenoxy) is 3. The third-order valence-electron chi connectivity index (χ3n) is 4.20. The molecule has 0 atom stereocenters. The second-order valence-corrected chi connectivity index (χ2v) is 6.08. The summed E-state index contributed by atoms with van der Waals surface area (Å²) in [5.74, 6) is 0.610. The summed E-state index contributed by atoms with van der Waals surface area (Å²) in [4.78, 5) is 12.6. The highest BCUT2D eigenvalue weighted by Crippen LogP contribution is 2.38. The lowest BCUT2D eigenvalue weighted by molar-refractivity contribution is 0.102. The molecule has 3 aromatic carbocycles. The second-order valence-electron chi connectivity index (χ2n) is 6.08. The van der Waals surface area contributed by atoms with Gasteiger partial charge in [-0.15, -0.1) is 0 Å². The maximum Gasteiger partial charge on any atom is 0.255 e. The number of benzene rings is 3. The van der Waals surface area contributed by atoms with Crippen molar-refractivity contribution in [2.45, 2.75) is 0 Å². The number of halogens is 1. The zero-order valence-corrected chi connectivity index (χ0v) is 16.3. The number of carbonyl (C=O) groups is 1. The predicted molar refractivity (Wildman–Crippen MR) is 110 cm³/mol. The fourth-order valence-electron chi connectivity index (χ4n) is 2.75. The average Bonchev–Trinajstić information content (AvgIpc) is 2.75. The number of amides is 1. The summed E-state index contributed by atoms with van der Waals surface area (Å²) in [6, 6.07) is 16.4. The summed E-state index contributed by atoms with van der Waals surface area (Å²) >= 11 is 0. The number of rotatable bonds is 7. The van der Waals surface area contributed by atoms with E-state index in [1.807, 2.05) is 12.1 Å². The molecule has 3 rings (SSSR count). The minimum Gasteiger partial charge on any atom is -0.493 e. The first kappa shape index (κ1) is 20.0. The van der Waals surface area contributed by atoms with Crippen LogP contribution in [0.2, 0.25) is 0 Å². The van der Waals surface area contributed by atoms with Gasteiger partial charge in [-0.05, 0) is 60.7 Å². The molecule has 1 amide bonds. The van der Waals surface area contributed by atoms with Gasteiger partial charge in [-0.25, -0.2) is 4.39 Å². The van der Waals surface area contributed by atoms with E-state index in [1.54, 1.807) is 36.4 Å². The molecule has 0 saturated carbocycles. The number of anilines is 3. The quantitative estimate of drug-likeness (QED) is 0.598. The zero-order chi connectivity index (χ0) is 20.8. The molecular formula is C22H21FN2O4. The van der Waals surface area contributed by atoms with Crippen LogP contribution < -0.4 is 24.8 Å². The Morgan fingerprint density at radius 2 is 1.24 bits per heavy atom. The lowest BCUT2D eigenvalue weighted by atomic mass is 10.1. The molecule has 3 aromatic rings. The third kappa shape index (κ3) is 4.76. The Bertz CT molecular complexity index is 964. The summed E-state index contributed by atoms with van der Waals surface area (Å²) in [6.07, 6.45) is 0. The molecule has 29 heavy (non-hydrogen) atoms. The molecule has 150 valence electrons. The number of hydrogen-bond donors (Lipinski definition) is 2. The Morgan fingerprint density at radius 3 is 1.72 bits per heavy atom. The molecule has 0 fully saturated rings. The van der Waals surface area contributed by atoms with E-state index >= 15 is 0 Å². The Kier molecular flexibility index (Phi) is 6.19. The molecule has 0 spiro atoms. The van der Waals surface area contributed by atoms with Crippen LogP contribution in [0.1, 0.15) is 10.4 Å². The Hall–Kier alpha value is -3.74.